The maximum atomic E-state index is 13.6. The highest BCUT2D eigenvalue weighted by Crippen LogP contribution is 2.39. The third kappa shape index (κ3) is 2.15. The van der Waals surface area contributed by atoms with Crippen molar-refractivity contribution in [1.29, 1.82) is 0 Å². The molecule has 0 spiro atoms. The van der Waals surface area contributed by atoms with Crippen LogP contribution in [0.3, 0.4) is 0 Å². The van der Waals surface area contributed by atoms with Crippen LogP contribution in [0.5, 0.6) is 5.75 Å². The molecular formula is C12H13ClFNO3. The van der Waals surface area contributed by atoms with Gasteiger partial charge >= 0.3 is 5.97 Å². The van der Waals surface area contributed by atoms with Gasteiger partial charge in [0, 0.05) is 18.2 Å². The summed E-state index contributed by atoms with van der Waals surface area (Å²) in [6.07, 6.45) is 0.309. The van der Waals surface area contributed by atoms with E-state index < -0.39 is 17.7 Å². The van der Waals surface area contributed by atoms with Crippen molar-refractivity contribution in [3.05, 3.63) is 28.0 Å². The van der Waals surface area contributed by atoms with E-state index in [2.05, 4.69) is 5.32 Å². The molecule has 98 valence electrons. The van der Waals surface area contributed by atoms with Crippen LogP contribution in [0.15, 0.2) is 6.07 Å². The summed E-state index contributed by atoms with van der Waals surface area (Å²) in [5.74, 6) is -2.12. The molecule has 0 bridgehead atoms. The van der Waals surface area contributed by atoms with Gasteiger partial charge in [0.15, 0.2) is 0 Å². The Hall–Kier alpha value is -1.33. The predicted molar refractivity (Wildman–Crippen MR) is 64.3 cm³/mol. The first kappa shape index (κ1) is 13.1. The molecule has 18 heavy (non-hydrogen) atoms. The first-order valence-corrected chi connectivity index (χ1v) is 5.93. The van der Waals surface area contributed by atoms with E-state index in [1.165, 1.54) is 6.92 Å². The van der Waals surface area contributed by atoms with Crippen LogP contribution in [0.2, 0.25) is 5.02 Å². The van der Waals surface area contributed by atoms with E-state index in [1.54, 1.807) is 0 Å². The van der Waals surface area contributed by atoms with Gasteiger partial charge in [-0.15, -0.1) is 0 Å². The predicted octanol–water partition coefficient (Wildman–Crippen LogP) is 2.23. The molecular weight excluding hydrogens is 261 g/mol. The Balaban J connectivity index is 2.38. The maximum Gasteiger partial charge on any atom is 0.307 e. The molecule has 1 aliphatic rings. The number of aliphatic carboxylic acids is 1. The van der Waals surface area contributed by atoms with Crippen molar-refractivity contribution in [3.8, 4) is 5.75 Å². The van der Waals surface area contributed by atoms with Crippen LogP contribution in [-0.4, -0.2) is 22.7 Å². The SMILES string of the molecule is Cc1c(F)cc(Cl)c(O)c1C1CC(C(=O)O)CN1. The van der Waals surface area contributed by atoms with Crippen LogP contribution in [-0.2, 0) is 4.79 Å². The fourth-order valence-corrected chi connectivity index (χ4v) is 2.49. The highest BCUT2D eigenvalue weighted by Gasteiger charge is 2.33. The van der Waals surface area contributed by atoms with Crippen LogP contribution in [0.1, 0.15) is 23.6 Å². The van der Waals surface area contributed by atoms with Crippen molar-refractivity contribution in [2.45, 2.75) is 19.4 Å². The molecule has 1 aromatic rings. The molecule has 2 atom stereocenters. The number of benzene rings is 1. The summed E-state index contributed by atoms with van der Waals surface area (Å²) in [6.45, 7) is 1.84. The second-order valence-electron chi connectivity index (χ2n) is 4.46. The first-order valence-electron chi connectivity index (χ1n) is 5.55. The van der Waals surface area contributed by atoms with Crippen LogP contribution in [0.4, 0.5) is 4.39 Å². The third-order valence-electron chi connectivity index (χ3n) is 3.33. The molecule has 0 saturated carbocycles. The molecule has 0 amide bonds. The zero-order valence-corrected chi connectivity index (χ0v) is 10.5. The Morgan fingerprint density at radius 2 is 2.28 bits per heavy atom. The molecule has 2 unspecified atom stereocenters. The number of aromatic hydroxyl groups is 1. The lowest BCUT2D eigenvalue weighted by Gasteiger charge is -2.17. The van der Waals surface area contributed by atoms with Gasteiger partial charge in [0.1, 0.15) is 11.6 Å². The van der Waals surface area contributed by atoms with E-state index >= 15 is 0 Å². The van der Waals surface area contributed by atoms with Crippen LogP contribution >= 0.6 is 11.6 Å². The maximum absolute atomic E-state index is 13.6. The zero-order chi connectivity index (χ0) is 13.4. The fourth-order valence-electron chi connectivity index (χ4n) is 2.29. The second-order valence-corrected chi connectivity index (χ2v) is 4.87. The quantitative estimate of drug-likeness (QED) is 0.773. The Morgan fingerprint density at radius 1 is 1.61 bits per heavy atom. The van der Waals surface area contributed by atoms with Crippen molar-refractivity contribution < 1.29 is 19.4 Å². The smallest absolute Gasteiger partial charge is 0.307 e. The van der Waals surface area contributed by atoms with Crippen molar-refractivity contribution in [2.75, 3.05) is 6.54 Å². The number of phenolic OH excluding ortho intramolecular Hbond substituents is 1. The van der Waals surface area contributed by atoms with Gasteiger partial charge in [-0.1, -0.05) is 11.6 Å². The average Bonchev–Trinajstić information content (AvgIpc) is 2.76. The van der Waals surface area contributed by atoms with Crippen LogP contribution < -0.4 is 5.32 Å². The largest absolute Gasteiger partial charge is 0.506 e. The third-order valence-corrected chi connectivity index (χ3v) is 3.61. The Kier molecular flexibility index (Phi) is 3.45. The molecule has 4 nitrogen and oxygen atoms in total. The van der Waals surface area contributed by atoms with Crippen molar-refractivity contribution in [1.82, 2.24) is 5.32 Å². The van der Waals surface area contributed by atoms with Gasteiger partial charge in [0.25, 0.3) is 0 Å². The molecule has 0 aliphatic carbocycles. The number of hydrogen-bond donors (Lipinski definition) is 3. The minimum absolute atomic E-state index is 0.0614. The number of phenols is 1. The number of carboxylic acids is 1. The topological polar surface area (TPSA) is 69.6 Å². The molecule has 1 aromatic carbocycles. The summed E-state index contributed by atoms with van der Waals surface area (Å²) in [6, 6.07) is 0.665. The highest BCUT2D eigenvalue weighted by atomic mass is 35.5. The van der Waals surface area contributed by atoms with E-state index in [9.17, 15) is 14.3 Å². The van der Waals surface area contributed by atoms with E-state index in [1.807, 2.05) is 0 Å². The fraction of sp³-hybridized carbons (Fsp3) is 0.417. The average molecular weight is 274 g/mol. The lowest BCUT2D eigenvalue weighted by molar-refractivity contribution is -0.141. The molecule has 1 saturated heterocycles. The van der Waals surface area contributed by atoms with Gasteiger partial charge in [-0.2, -0.15) is 0 Å². The number of hydrogen-bond acceptors (Lipinski definition) is 3. The van der Waals surface area contributed by atoms with E-state index in [-0.39, 0.29) is 16.8 Å². The summed E-state index contributed by atoms with van der Waals surface area (Å²) >= 11 is 5.73. The number of rotatable bonds is 2. The lowest BCUT2D eigenvalue weighted by atomic mass is 9.95. The molecule has 1 aliphatic heterocycles. The summed E-state index contributed by atoms with van der Waals surface area (Å²) in [7, 11) is 0. The summed E-state index contributed by atoms with van der Waals surface area (Å²) in [4.78, 5) is 10.9. The normalized spacial score (nSPS) is 23.3. The van der Waals surface area contributed by atoms with Crippen molar-refractivity contribution >= 4 is 17.6 Å². The standard InChI is InChI=1S/C12H13ClFNO3/c1-5-8(14)3-7(13)11(16)10(5)9-2-6(4-15-9)12(17)18/h3,6,9,15-16H,2,4H2,1H3,(H,17,18). The Morgan fingerprint density at radius 3 is 2.83 bits per heavy atom. The van der Waals surface area contributed by atoms with Crippen LogP contribution in [0, 0.1) is 18.7 Å². The molecule has 0 aromatic heterocycles. The monoisotopic (exact) mass is 273 g/mol. The molecule has 1 fully saturated rings. The number of carbonyl (C=O) groups is 1. The van der Waals surface area contributed by atoms with Gasteiger partial charge in [-0.25, -0.2) is 4.39 Å². The number of carboxylic acid groups (broad SMARTS) is 1. The second kappa shape index (κ2) is 4.74. The minimum atomic E-state index is -0.898. The van der Waals surface area contributed by atoms with Crippen molar-refractivity contribution in [2.24, 2.45) is 5.92 Å². The highest BCUT2D eigenvalue weighted by molar-refractivity contribution is 6.32. The number of nitrogens with one attached hydrogen (secondary N) is 1. The molecule has 6 heteroatoms. The number of halogens is 2. The van der Waals surface area contributed by atoms with Gasteiger partial charge in [0.2, 0.25) is 0 Å². The van der Waals surface area contributed by atoms with Gasteiger partial charge in [-0.3, -0.25) is 4.79 Å². The van der Waals surface area contributed by atoms with Crippen LogP contribution in [0.25, 0.3) is 0 Å². The van der Waals surface area contributed by atoms with E-state index in [4.69, 9.17) is 16.7 Å². The van der Waals surface area contributed by atoms with E-state index in [0.717, 1.165) is 6.07 Å². The zero-order valence-electron chi connectivity index (χ0n) is 9.70. The molecule has 1 heterocycles. The van der Waals surface area contributed by atoms with Gasteiger partial charge < -0.3 is 15.5 Å². The first-order chi connectivity index (χ1) is 8.41. The van der Waals surface area contributed by atoms with Crippen molar-refractivity contribution in [3.63, 3.8) is 0 Å². The summed E-state index contributed by atoms with van der Waals surface area (Å²) in [5, 5.41) is 21.7. The van der Waals surface area contributed by atoms with Gasteiger partial charge in [0.05, 0.1) is 10.9 Å². The Labute approximate surface area is 108 Å². The lowest BCUT2D eigenvalue weighted by Crippen LogP contribution is -2.17. The molecule has 0 radical (unpaired) electrons. The minimum Gasteiger partial charge on any atom is -0.506 e. The summed E-state index contributed by atoms with van der Waals surface area (Å²) in [5.41, 5.74) is 0.643. The molecule has 2 rings (SSSR count). The molecule has 3 N–H and O–H groups in total. The Bertz CT molecular complexity index is 480. The van der Waals surface area contributed by atoms with Gasteiger partial charge in [-0.05, 0) is 25.0 Å². The summed E-state index contributed by atoms with van der Waals surface area (Å²) < 4.78 is 13.6. The van der Waals surface area contributed by atoms with E-state index in [0.29, 0.717) is 24.1 Å².